The highest BCUT2D eigenvalue weighted by atomic mass is 127. The number of nitrogens with one attached hydrogen (secondary N) is 1. The molecule has 0 amide bonds. The summed E-state index contributed by atoms with van der Waals surface area (Å²) >= 11 is 2.28. The van der Waals surface area contributed by atoms with Crippen LogP contribution in [0.25, 0.3) is 0 Å². The van der Waals surface area contributed by atoms with Crippen LogP contribution in [0.2, 0.25) is 0 Å². The van der Waals surface area contributed by atoms with Crippen molar-refractivity contribution in [2.24, 2.45) is 5.92 Å². The molecule has 3 nitrogen and oxygen atoms in total. The van der Waals surface area contributed by atoms with Gasteiger partial charge in [-0.2, -0.15) is 0 Å². The average molecular weight is 396 g/mol. The van der Waals surface area contributed by atoms with Gasteiger partial charge in [-0.3, -0.25) is 4.98 Å². The summed E-state index contributed by atoms with van der Waals surface area (Å²) in [5.41, 5.74) is 2.01. The van der Waals surface area contributed by atoms with E-state index in [9.17, 15) is 0 Å². The maximum Gasteiger partial charge on any atom is 0.130 e. The molecular weight excluding hydrogens is 375 g/mol. The number of rotatable bonds is 7. The van der Waals surface area contributed by atoms with Gasteiger partial charge in [0.05, 0.1) is 11.4 Å². The topological polar surface area (TPSA) is 34.1 Å². The lowest BCUT2D eigenvalue weighted by Gasteiger charge is -2.09. The first-order chi connectivity index (χ1) is 10.1. The van der Waals surface area contributed by atoms with Crippen molar-refractivity contribution in [3.05, 3.63) is 57.4 Å². The number of hydrogen-bond acceptors (Lipinski definition) is 3. The number of ether oxygens (including phenoxy) is 1. The Bertz CT molecular complexity index is 572. The molecule has 1 heterocycles. The van der Waals surface area contributed by atoms with Gasteiger partial charge < -0.3 is 10.1 Å². The maximum atomic E-state index is 5.78. The van der Waals surface area contributed by atoms with Crippen LogP contribution in [-0.4, -0.2) is 11.5 Å². The number of halogens is 1. The first-order valence-electron chi connectivity index (χ1n) is 7.17. The molecule has 4 heteroatoms. The van der Waals surface area contributed by atoms with E-state index in [1.807, 2.05) is 42.5 Å². The Kier molecular flexibility index (Phi) is 6.45. The van der Waals surface area contributed by atoms with E-state index in [0.29, 0.717) is 12.5 Å². The van der Waals surface area contributed by atoms with Crippen molar-refractivity contribution in [2.45, 2.75) is 27.0 Å². The van der Waals surface area contributed by atoms with Gasteiger partial charge in [0.15, 0.2) is 0 Å². The van der Waals surface area contributed by atoms with Gasteiger partial charge >= 0.3 is 0 Å². The molecule has 1 aromatic carbocycles. The van der Waals surface area contributed by atoms with Crippen molar-refractivity contribution >= 4 is 22.6 Å². The quantitative estimate of drug-likeness (QED) is 0.719. The zero-order valence-electron chi connectivity index (χ0n) is 12.5. The van der Waals surface area contributed by atoms with E-state index in [0.717, 1.165) is 30.2 Å². The highest BCUT2D eigenvalue weighted by Crippen LogP contribution is 2.16. The van der Waals surface area contributed by atoms with E-state index in [-0.39, 0.29) is 0 Å². The molecule has 21 heavy (non-hydrogen) atoms. The van der Waals surface area contributed by atoms with Crippen molar-refractivity contribution in [1.82, 2.24) is 10.3 Å². The number of hydrogen-bond donors (Lipinski definition) is 1. The largest absolute Gasteiger partial charge is 0.487 e. The molecule has 0 aliphatic carbocycles. The first kappa shape index (κ1) is 16.2. The van der Waals surface area contributed by atoms with E-state index < -0.39 is 0 Å². The van der Waals surface area contributed by atoms with Crippen LogP contribution in [-0.2, 0) is 13.2 Å². The van der Waals surface area contributed by atoms with Crippen molar-refractivity contribution in [3.8, 4) is 5.75 Å². The fraction of sp³-hybridized carbons (Fsp3) is 0.353. The molecule has 0 unspecified atom stereocenters. The number of benzene rings is 1. The highest BCUT2D eigenvalue weighted by molar-refractivity contribution is 14.1. The number of pyridine rings is 1. The Hall–Kier alpha value is -1.14. The summed E-state index contributed by atoms with van der Waals surface area (Å²) < 4.78 is 6.95. The second kappa shape index (κ2) is 8.34. The van der Waals surface area contributed by atoms with Crippen LogP contribution in [0.5, 0.6) is 5.75 Å². The van der Waals surface area contributed by atoms with Gasteiger partial charge in [-0.15, -0.1) is 0 Å². The molecule has 2 aromatic rings. The van der Waals surface area contributed by atoms with Crippen molar-refractivity contribution in [3.63, 3.8) is 0 Å². The minimum Gasteiger partial charge on any atom is -0.487 e. The molecule has 0 bridgehead atoms. The van der Waals surface area contributed by atoms with Gasteiger partial charge in [-0.1, -0.05) is 26.0 Å². The molecule has 0 saturated carbocycles. The average Bonchev–Trinajstić information content (AvgIpc) is 2.45. The lowest BCUT2D eigenvalue weighted by atomic mass is 10.2. The molecule has 0 fully saturated rings. The molecule has 0 saturated heterocycles. The normalized spacial score (nSPS) is 10.9. The fourth-order valence-electron chi connectivity index (χ4n) is 1.91. The third-order valence-corrected chi connectivity index (χ3v) is 3.58. The Morgan fingerprint density at radius 1 is 1.14 bits per heavy atom. The van der Waals surface area contributed by atoms with Crippen molar-refractivity contribution in [1.29, 1.82) is 0 Å². The summed E-state index contributed by atoms with van der Waals surface area (Å²) in [5.74, 6) is 1.53. The van der Waals surface area contributed by atoms with Crippen LogP contribution in [0.15, 0.2) is 42.5 Å². The summed E-state index contributed by atoms with van der Waals surface area (Å²) in [7, 11) is 0. The van der Waals surface area contributed by atoms with Crippen LogP contribution in [0.3, 0.4) is 0 Å². The van der Waals surface area contributed by atoms with Crippen LogP contribution in [0.1, 0.15) is 25.2 Å². The Morgan fingerprint density at radius 2 is 1.90 bits per heavy atom. The first-order valence-corrected chi connectivity index (χ1v) is 8.25. The molecule has 0 radical (unpaired) electrons. The molecule has 112 valence electrons. The number of nitrogens with zero attached hydrogens (tertiary/aromatic N) is 1. The Balaban J connectivity index is 1.88. The molecule has 1 aromatic heterocycles. The summed E-state index contributed by atoms with van der Waals surface area (Å²) in [6.07, 6.45) is 0. The van der Waals surface area contributed by atoms with E-state index in [1.165, 1.54) is 3.57 Å². The third-order valence-electron chi connectivity index (χ3n) is 2.91. The molecule has 0 spiro atoms. The lowest BCUT2D eigenvalue weighted by Crippen LogP contribution is -2.19. The van der Waals surface area contributed by atoms with Gasteiger partial charge in [0, 0.05) is 10.1 Å². The lowest BCUT2D eigenvalue weighted by molar-refractivity contribution is 0.300. The zero-order valence-corrected chi connectivity index (χ0v) is 14.6. The summed E-state index contributed by atoms with van der Waals surface area (Å²) in [6, 6.07) is 14.1. The number of aromatic nitrogens is 1. The van der Waals surface area contributed by atoms with Crippen LogP contribution < -0.4 is 10.1 Å². The van der Waals surface area contributed by atoms with Crippen molar-refractivity contribution < 1.29 is 4.74 Å². The third kappa shape index (κ3) is 6.01. The molecule has 1 N–H and O–H groups in total. The minimum atomic E-state index is 0.498. The zero-order chi connectivity index (χ0) is 15.1. The van der Waals surface area contributed by atoms with Crippen molar-refractivity contribution in [2.75, 3.05) is 6.54 Å². The Morgan fingerprint density at radius 3 is 2.67 bits per heavy atom. The smallest absolute Gasteiger partial charge is 0.130 e. The highest BCUT2D eigenvalue weighted by Gasteiger charge is 2.01. The maximum absolute atomic E-state index is 5.78. The van der Waals surface area contributed by atoms with Crippen LogP contribution >= 0.6 is 22.6 Å². The minimum absolute atomic E-state index is 0.498. The van der Waals surface area contributed by atoms with Gasteiger partial charge in [-0.25, -0.2) is 0 Å². The van der Waals surface area contributed by atoms with Gasteiger partial charge in [-0.05, 0) is 65.4 Å². The molecule has 2 rings (SSSR count). The van der Waals surface area contributed by atoms with Gasteiger partial charge in [0.1, 0.15) is 12.4 Å². The van der Waals surface area contributed by atoms with E-state index in [4.69, 9.17) is 4.74 Å². The van der Waals surface area contributed by atoms with Gasteiger partial charge in [0.25, 0.3) is 0 Å². The summed E-state index contributed by atoms with van der Waals surface area (Å²) in [5, 5.41) is 3.41. The Labute approximate surface area is 140 Å². The molecule has 0 atom stereocenters. The fourth-order valence-corrected chi connectivity index (χ4v) is 2.43. The molecule has 0 aliphatic heterocycles. The monoisotopic (exact) mass is 396 g/mol. The van der Waals surface area contributed by atoms with E-state index >= 15 is 0 Å². The predicted molar refractivity (Wildman–Crippen MR) is 94.3 cm³/mol. The van der Waals surface area contributed by atoms with Crippen LogP contribution in [0.4, 0.5) is 0 Å². The molecule has 0 aliphatic rings. The summed E-state index contributed by atoms with van der Waals surface area (Å²) in [6.45, 7) is 6.70. The van der Waals surface area contributed by atoms with Gasteiger partial charge in [0.2, 0.25) is 0 Å². The predicted octanol–water partition coefficient (Wildman–Crippen LogP) is 4.01. The van der Waals surface area contributed by atoms with Crippen LogP contribution in [0, 0.1) is 9.49 Å². The second-order valence-electron chi connectivity index (χ2n) is 5.39. The molecular formula is C17H21IN2O. The second-order valence-corrected chi connectivity index (χ2v) is 6.64. The standard InChI is InChI=1S/C17H21IN2O/c1-13(2)10-19-11-15-6-4-7-16(20-15)12-21-17-8-3-5-14(18)9-17/h3-9,13,19H,10-12H2,1-2H3. The van der Waals surface area contributed by atoms with E-state index in [1.54, 1.807) is 0 Å². The van der Waals surface area contributed by atoms with E-state index in [2.05, 4.69) is 46.7 Å². The SMILES string of the molecule is CC(C)CNCc1cccc(COc2cccc(I)c2)n1. The summed E-state index contributed by atoms with van der Waals surface area (Å²) in [4.78, 5) is 4.62.